The maximum atomic E-state index is 5.29. The number of aromatic nitrogens is 2. The Morgan fingerprint density at radius 2 is 1.73 bits per heavy atom. The van der Waals surface area contributed by atoms with Gasteiger partial charge < -0.3 is 14.8 Å². The first-order valence-electron chi connectivity index (χ1n) is 6.53. The number of hydrogen-bond acceptors (Lipinski definition) is 6. The number of thiophene rings is 1. The Morgan fingerprint density at radius 1 is 1.05 bits per heavy atom. The highest BCUT2D eigenvalue weighted by molar-refractivity contribution is 9.11. The minimum absolute atomic E-state index is 0.718. The van der Waals surface area contributed by atoms with E-state index in [0.717, 1.165) is 42.8 Å². The first-order valence-corrected chi connectivity index (χ1v) is 8.14. The summed E-state index contributed by atoms with van der Waals surface area (Å²) in [6.45, 7) is 1.88. The number of nitrogens with one attached hydrogen (secondary N) is 1. The Hall–Kier alpha value is -1.86. The number of rotatable bonds is 4. The number of hydrogen-bond donors (Lipinski definition) is 1. The highest BCUT2D eigenvalue weighted by Gasteiger charge is 2.11. The van der Waals surface area contributed by atoms with E-state index in [9.17, 15) is 0 Å². The van der Waals surface area contributed by atoms with Crippen molar-refractivity contribution >= 4 is 49.0 Å². The molecule has 0 aliphatic heterocycles. The summed E-state index contributed by atoms with van der Waals surface area (Å²) in [6.07, 6.45) is 0. The molecule has 3 rings (SSSR count). The summed E-state index contributed by atoms with van der Waals surface area (Å²) < 4.78 is 12.6. The van der Waals surface area contributed by atoms with Crippen molar-refractivity contribution in [2.24, 2.45) is 0 Å². The molecule has 7 heteroatoms. The van der Waals surface area contributed by atoms with Crippen molar-refractivity contribution in [3.05, 3.63) is 33.9 Å². The van der Waals surface area contributed by atoms with Crippen LogP contribution in [0.1, 0.15) is 5.82 Å². The SMILES string of the molecule is COc1cc(Nc2nc(C)nc3cc(Br)sc23)cc(OC)c1. The third-order valence-electron chi connectivity index (χ3n) is 3.07. The Kier molecular flexibility index (Phi) is 4.17. The van der Waals surface area contributed by atoms with Crippen LogP contribution < -0.4 is 14.8 Å². The maximum Gasteiger partial charge on any atom is 0.152 e. The van der Waals surface area contributed by atoms with Crippen LogP contribution in [-0.2, 0) is 0 Å². The molecule has 0 saturated heterocycles. The molecule has 3 aromatic rings. The van der Waals surface area contributed by atoms with E-state index in [1.54, 1.807) is 25.6 Å². The van der Waals surface area contributed by atoms with Gasteiger partial charge >= 0.3 is 0 Å². The molecule has 114 valence electrons. The fraction of sp³-hybridized carbons (Fsp3) is 0.200. The molecule has 0 spiro atoms. The number of anilines is 2. The topological polar surface area (TPSA) is 56.3 Å². The fourth-order valence-corrected chi connectivity index (χ4v) is 3.59. The van der Waals surface area contributed by atoms with Crippen molar-refractivity contribution in [2.75, 3.05) is 19.5 Å². The van der Waals surface area contributed by atoms with Crippen molar-refractivity contribution in [1.82, 2.24) is 9.97 Å². The van der Waals surface area contributed by atoms with E-state index in [1.807, 2.05) is 31.2 Å². The summed E-state index contributed by atoms with van der Waals surface area (Å²) in [4.78, 5) is 8.95. The van der Waals surface area contributed by atoms with Crippen molar-refractivity contribution in [1.29, 1.82) is 0 Å². The Morgan fingerprint density at radius 3 is 2.36 bits per heavy atom. The van der Waals surface area contributed by atoms with Crippen molar-refractivity contribution in [2.45, 2.75) is 6.92 Å². The third-order valence-corrected chi connectivity index (χ3v) is 4.70. The van der Waals surface area contributed by atoms with E-state index in [-0.39, 0.29) is 0 Å². The molecule has 0 amide bonds. The quantitative estimate of drug-likeness (QED) is 0.721. The van der Waals surface area contributed by atoms with Crippen LogP contribution in [0.5, 0.6) is 11.5 Å². The number of ether oxygens (including phenoxy) is 2. The molecule has 2 heterocycles. The van der Waals surface area contributed by atoms with E-state index < -0.39 is 0 Å². The molecule has 0 radical (unpaired) electrons. The van der Waals surface area contributed by atoms with Crippen LogP contribution in [0, 0.1) is 6.92 Å². The predicted molar refractivity (Wildman–Crippen MR) is 92.7 cm³/mol. The summed E-state index contributed by atoms with van der Waals surface area (Å²) in [6, 6.07) is 7.61. The van der Waals surface area contributed by atoms with Gasteiger partial charge in [0.15, 0.2) is 5.82 Å². The highest BCUT2D eigenvalue weighted by Crippen LogP contribution is 2.35. The number of aryl methyl sites for hydroxylation is 1. The second-order valence-corrected chi connectivity index (χ2v) is 7.04. The van der Waals surface area contributed by atoms with Gasteiger partial charge in [0.2, 0.25) is 0 Å². The summed E-state index contributed by atoms with van der Waals surface area (Å²) >= 11 is 5.09. The number of fused-ring (bicyclic) bond motifs is 1. The van der Waals surface area contributed by atoms with Gasteiger partial charge in [0, 0.05) is 23.9 Å². The minimum Gasteiger partial charge on any atom is -0.497 e. The number of halogens is 1. The standard InChI is InChI=1S/C15H14BrN3O2S/c1-8-17-12-7-13(16)22-14(12)15(18-8)19-9-4-10(20-2)6-11(5-9)21-3/h4-7H,1-3H3,(H,17,18,19). The van der Waals surface area contributed by atoms with Gasteiger partial charge in [0.05, 0.1) is 28.2 Å². The van der Waals surface area contributed by atoms with Gasteiger partial charge in [-0.25, -0.2) is 9.97 Å². The summed E-state index contributed by atoms with van der Waals surface area (Å²) in [7, 11) is 3.25. The molecular weight excluding hydrogens is 366 g/mol. The number of nitrogens with zero attached hydrogens (tertiary/aromatic N) is 2. The predicted octanol–water partition coefficient (Wildman–Crippen LogP) is 4.52. The van der Waals surface area contributed by atoms with Gasteiger partial charge in [0.25, 0.3) is 0 Å². The monoisotopic (exact) mass is 379 g/mol. The van der Waals surface area contributed by atoms with E-state index >= 15 is 0 Å². The van der Waals surface area contributed by atoms with Gasteiger partial charge in [0.1, 0.15) is 17.3 Å². The molecule has 0 bridgehead atoms. The summed E-state index contributed by atoms with van der Waals surface area (Å²) in [5.74, 6) is 2.93. The average molecular weight is 380 g/mol. The largest absolute Gasteiger partial charge is 0.497 e. The third kappa shape index (κ3) is 3.00. The van der Waals surface area contributed by atoms with Gasteiger partial charge in [-0.2, -0.15) is 0 Å². The van der Waals surface area contributed by atoms with Crippen molar-refractivity contribution < 1.29 is 9.47 Å². The lowest BCUT2D eigenvalue weighted by Gasteiger charge is -2.11. The van der Waals surface area contributed by atoms with Crippen LogP contribution in [0.2, 0.25) is 0 Å². The molecule has 1 aromatic carbocycles. The van der Waals surface area contributed by atoms with Crippen LogP contribution in [0.15, 0.2) is 28.1 Å². The zero-order valence-corrected chi connectivity index (χ0v) is 14.7. The molecule has 22 heavy (non-hydrogen) atoms. The van der Waals surface area contributed by atoms with E-state index in [4.69, 9.17) is 9.47 Å². The zero-order valence-electron chi connectivity index (χ0n) is 12.3. The molecule has 0 aliphatic rings. The molecular formula is C15H14BrN3O2S. The first-order chi connectivity index (χ1) is 10.6. The Balaban J connectivity index is 2.06. The molecule has 1 N–H and O–H groups in total. The zero-order chi connectivity index (χ0) is 15.7. The lowest BCUT2D eigenvalue weighted by atomic mass is 10.2. The van der Waals surface area contributed by atoms with Crippen LogP contribution in [0.3, 0.4) is 0 Å². The maximum absolute atomic E-state index is 5.29. The highest BCUT2D eigenvalue weighted by atomic mass is 79.9. The normalized spacial score (nSPS) is 10.7. The molecule has 0 saturated carbocycles. The fourth-order valence-electron chi connectivity index (χ4n) is 2.12. The van der Waals surface area contributed by atoms with Crippen LogP contribution >= 0.6 is 27.3 Å². The minimum atomic E-state index is 0.718. The molecule has 0 aliphatic carbocycles. The lowest BCUT2D eigenvalue weighted by molar-refractivity contribution is 0.395. The van der Waals surface area contributed by atoms with Crippen molar-refractivity contribution in [3.63, 3.8) is 0 Å². The van der Waals surface area contributed by atoms with Gasteiger partial charge in [-0.15, -0.1) is 11.3 Å². The van der Waals surface area contributed by atoms with Crippen molar-refractivity contribution in [3.8, 4) is 11.5 Å². The van der Waals surface area contributed by atoms with E-state index in [2.05, 4.69) is 31.2 Å². The van der Waals surface area contributed by atoms with E-state index in [1.165, 1.54) is 0 Å². The smallest absolute Gasteiger partial charge is 0.152 e. The van der Waals surface area contributed by atoms with Crippen LogP contribution in [0.25, 0.3) is 10.2 Å². The Bertz CT molecular complexity index is 813. The summed E-state index contributed by atoms with van der Waals surface area (Å²) in [5.41, 5.74) is 1.77. The second-order valence-electron chi connectivity index (χ2n) is 4.61. The molecule has 0 unspecified atom stereocenters. The molecule has 5 nitrogen and oxygen atoms in total. The molecule has 0 atom stereocenters. The number of benzene rings is 1. The van der Waals surface area contributed by atoms with Gasteiger partial charge in [-0.1, -0.05) is 0 Å². The average Bonchev–Trinajstić information content (AvgIpc) is 2.87. The first kappa shape index (κ1) is 15.1. The van der Waals surface area contributed by atoms with Gasteiger partial charge in [-0.3, -0.25) is 0 Å². The second kappa shape index (κ2) is 6.10. The molecule has 0 fully saturated rings. The van der Waals surface area contributed by atoms with Gasteiger partial charge in [-0.05, 0) is 28.9 Å². The molecule has 2 aromatic heterocycles. The Labute approximate surface area is 140 Å². The van der Waals surface area contributed by atoms with E-state index in [0.29, 0.717) is 0 Å². The number of methoxy groups -OCH3 is 2. The van der Waals surface area contributed by atoms with Crippen LogP contribution in [0.4, 0.5) is 11.5 Å². The summed E-state index contributed by atoms with van der Waals surface area (Å²) in [5, 5.41) is 3.33. The van der Waals surface area contributed by atoms with Crippen LogP contribution in [-0.4, -0.2) is 24.2 Å². The lowest BCUT2D eigenvalue weighted by Crippen LogP contribution is -1.98.